The number of rotatable bonds is 4. The van der Waals surface area contributed by atoms with E-state index in [4.69, 9.17) is 27.9 Å². The molecule has 0 aromatic heterocycles. The van der Waals surface area contributed by atoms with E-state index in [0.29, 0.717) is 21.5 Å². The molecule has 1 atom stereocenters. The Labute approximate surface area is 169 Å². The van der Waals surface area contributed by atoms with E-state index in [2.05, 4.69) is 0 Å². The van der Waals surface area contributed by atoms with Crippen LogP contribution in [0.1, 0.15) is 37.3 Å². The minimum absolute atomic E-state index is 0.0878. The van der Waals surface area contributed by atoms with Crippen LogP contribution in [0.25, 0.3) is 0 Å². The van der Waals surface area contributed by atoms with E-state index >= 15 is 0 Å². The van der Waals surface area contributed by atoms with Crippen LogP contribution >= 0.6 is 23.2 Å². The van der Waals surface area contributed by atoms with Crippen molar-refractivity contribution in [2.45, 2.75) is 33.1 Å². The number of aryl methyl sites for hydroxylation is 1. The highest BCUT2D eigenvalue weighted by atomic mass is 35.5. The van der Waals surface area contributed by atoms with Crippen LogP contribution in [0.5, 0.6) is 5.75 Å². The molecular formula is C21H21Cl2NO3. The molecule has 1 amide bonds. The van der Waals surface area contributed by atoms with Crippen LogP contribution in [0.15, 0.2) is 36.4 Å². The molecule has 0 radical (unpaired) electrons. The fourth-order valence-corrected chi connectivity index (χ4v) is 3.58. The van der Waals surface area contributed by atoms with E-state index in [9.17, 15) is 9.59 Å². The molecule has 2 aromatic carbocycles. The number of amides is 1. The Balaban J connectivity index is 1.79. The zero-order valence-corrected chi connectivity index (χ0v) is 17.0. The van der Waals surface area contributed by atoms with E-state index in [-0.39, 0.29) is 24.8 Å². The first-order chi connectivity index (χ1) is 12.8. The third-order valence-corrected chi connectivity index (χ3v) is 5.21. The summed E-state index contributed by atoms with van der Waals surface area (Å²) < 4.78 is 5.68. The predicted octanol–water partition coefficient (Wildman–Crippen LogP) is 5.38. The van der Waals surface area contributed by atoms with Crippen LogP contribution in [0.4, 0.5) is 5.69 Å². The molecule has 1 heterocycles. The summed E-state index contributed by atoms with van der Waals surface area (Å²) in [5, 5.41) is 0.900. The lowest BCUT2D eigenvalue weighted by atomic mass is 10.0. The molecule has 142 valence electrons. The van der Waals surface area contributed by atoms with Crippen LogP contribution in [-0.4, -0.2) is 18.4 Å². The number of carbonyl (C=O) groups excluding carboxylic acids is 2. The van der Waals surface area contributed by atoms with Crippen molar-refractivity contribution in [1.82, 2.24) is 0 Å². The largest absolute Gasteiger partial charge is 0.426 e. The molecule has 27 heavy (non-hydrogen) atoms. The van der Waals surface area contributed by atoms with Crippen molar-refractivity contribution in [3.63, 3.8) is 0 Å². The number of nitrogens with zero attached hydrogens (tertiary/aromatic N) is 1. The second-order valence-corrected chi connectivity index (χ2v) is 7.96. The first-order valence-electron chi connectivity index (χ1n) is 8.84. The number of benzene rings is 2. The molecule has 6 heteroatoms. The highest BCUT2D eigenvalue weighted by Gasteiger charge is 2.37. The van der Waals surface area contributed by atoms with Crippen LogP contribution in [0.2, 0.25) is 10.0 Å². The quantitative estimate of drug-likeness (QED) is 0.506. The second-order valence-electron chi connectivity index (χ2n) is 7.12. The van der Waals surface area contributed by atoms with Gasteiger partial charge in [-0.3, -0.25) is 9.59 Å². The third kappa shape index (κ3) is 4.28. The van der Waals surface area contributed by atoms with Crippen LogP contribution in [0.3, 0.4) is 0 Å². The first-order valence-corrected chi connectivity index (χ1v) is 9.59. The van der Waals surface area contributed by atoms with E-state index < -0.39 is 11.9 Å². The van der Waals surface area contributed by atoms with Gasteiger partial charge in [-0.1, -0.05) is 49.2 Å². The third-order valence-electron chi connectivity index (χ3n) is 4.66. The number of esters is 1. The van der Waals surface area contributed by atoms with Gasteiger partial charge in [-0.2, -0.15) is 0 Å². The van der Waals surface area contributed by atoms with Crippen molar-refractivity contribution < 1.29 is 14.3 Å². The molecule has 2 aromatic rings. The zero-order chi connectivity index (χ0) is 19.7. The van der Waals surface area contributed by atoms with Gasteiger partial charge in [0.15, 0.2) is 0 Å². The summed E-state index contributed by atoms with van der Waals surface area (Å²) in [6.45, 7) is 6.26. The van der Waals surface area contributed by atoms with Crippen molar-refractivity contribution in [3.8, 4) is 5.75 Å². The SMILES string of the molecule is Cc1ccc(C(C)C)c(OC(=O)[C@H]2CC(=O)N(c3cc(Cl)ccc3Cl)C2)c1. The smallest absolute Gasteiger partial charge is 0.316 e. The van der Waals surface area contributed by atoms with Crippen molar-refractivity contribution in [2.24, 2.45) is 5.92 Å². The molecule has 0 unspecified atom stereocenters. The molecule has 0 N–H and O–H groups in total. The summed E-state index contributed by atoms with van der Waals surface area (Å²) in [4.78, 5) is 26.7. The highest BCUT2D eigenvalue weighted by molar-refractivity contribution is 6.35. The molecule has 4 nitrogen and oxygen atoms in total. The average molecular weight is 406 g/mol. The van der Waals surface area contributed by atoms with Gasteiger partial charge < -0.3 is 9.64 Å². The highest BCUT2D eigenvalue weighted by Crippen LogP contribution is 2.34. The number of carbonyl (C=O) groups is 2. The molecule has 1 saturated heterocycles. The monoisotopic (exact) mass is 405 g/mol. The first kappa shape index (κ1) is 19.7. The predicted molar refractivity (Wildman–Crippen MR) is 108 cm³/mol. The van der Waals surface area contributed by atoms with E-state index in [0.717, 1.165) is 11.1 Å². The molecule has 1 aliphatic heterocycles. The lowest BCUT2D eigenvalue weighted by molar-refractivity contribution is -0.139. The van der Waals surface area contributed by atoms with Crippen LogP contribution < -0.4 is 9.64 Å². The van der Waals surface area contributed by atoms with Gasteiger partial charge in [-0.05, 0) is 48.2 Å². The number of anilines is 1. The average Bonchev–Trinajstić information content (AvgIpc) is 2.98. The van der Waals surface area contributed by atoms with E-state index in [1.54, 1.807) is 18.2 Å². The molecule has 0 bridgehead atoms. The molecule has 1 fully saturated rings. The molecular weight excluding hydrogens is 385 g/mol. The maximum Gasteiger partial charge on any atom is 0.316 e. The number of hydrogen-bond acceptors (Lipinski definition) is 3. The second kappa shape index (κ2) is 7.91. The van der Waals surface area contributed by atoms with E-state index in [1.807, 2.05) is 39.0 Å². The van der Waals surface area contributed by atoms with Gasteiger partial charge in [0.1, 0.15) is 5.75 Å². The maximum absolute atomic E-state index is 12.7. The maximum atomic E-state index is 12.7. The Kier molecular flexibility index (Phi) is 5.78. The van der Waals surface area contributed by atoms with Gasteiger partial charge >= 0.3 is 5.97 Å². The minimum atomic E-state index is -0.548. The zero-order valence-electron chi connectivity index (χ0n) is 15.5. The molecule has 0 aliphatic carbocycles. The number of hydrogen-bond donors (Lipinski definition) is 0. The number of halogens is 2. The standard InChI is InChI=1S/C21H21Cl2NO3/c1-12(2)16-6-4-13(3)8-19(16)27-21(26)14-9-20(25)24(11-14)18-10-15(22)5-7-17(18)23/h4-8,10,12,14H,9,11H2,1-3H3/t14-/m0/s1. The summed E-state index contributed by atoms with van der Waals surface area (Å²) in [5.41, 5.74) is 2.49. The van der Waals surface area contributed by atoms with Crippen molar-refractivity contribution in [2.75, 3.05) is 11.4 Å². The Morgan fingerprint density at radius 1 is 1.19 bits per heavy atom. The Bertz CT molecular complexity index is 895. The molecule has 0 spiro atoms. The summed E-state index contributed by atoms with van der Waals surface area (Å²) in [7, 11) is 0. The van der Waals surface area contributed by atoms with Gasteiger partial charge in [-0.15, -0.1) is 0 Å². The lowest BCUT2D eigenvalue weighted by Gasteiger charge is -2.19. The molecule has 1 aliphatic rings. The van der Waals surface area contributed by atoms with Crippen molar-refractivity contribution in [1.29, 1.82) is 0 Å². The van der Waals surface area contributed by atoms with Crippen LogP contribution in [-0.2, 0) is 9.59 Å². The fraction of sp³-hybridized carbons (Fsp3) is 0.333. The van der Waals surface area contributed by atoms with Gasteiger partial charge in [0.2, 0.25) is 5.91 Å². The molecule has 0 saturated carbocycles. The lowest BCUT2D eigenvalue weighted by Crippen LogP contribution is -2.27. The Hall–Kier alpha value is -2.04. The Morgan fingerprint density at radius 3 is 2.63 bits per heavy atom. The summed E-state index contributed by atoms with van der Waals surface area (Å²) in [6, 6.07) is 10.8. The fourth-order valence-electron chi connectivity index (χ4n) is 3.19. The van der Waals surface area contributed by atoms with Gasteiger partial charge in [-0.25, -0.2) is 0 Å². The Morgan fingerprint density at radius 2 is 1.93 bits per heavy atom. The normalized spacial score (nSPS) is 16.9. The van der Waals surface area contributed by atoms with E-state index in [1.165, 1.54) is 4.90 Å². The van der Waals surface area contributed by atoms with Gasteiger partial charge in [0, 0.05) is 18.0 Å². The minimum Gasteiger partial charge on any atom is -0.426 e. The topological polar surface area (TPSA) is 46.6 Å². The van der Waals surface area contributed by atoms with Crippen LogP contribution in [0, 0.1) is 12.8 Å². The summed E-state index contributed by atoms with van der Waals surface area (Å²) in [5.74, 6) is -0.346. The van der Waals surface area contributed by atoms with Crippen molar-refractivity contribution in [3.05, 3.63) is 57.6 Å². The molecule has 3 rings (SSSR count). The van der Waals surface area contributed by atoms with Gasteiger partial charge in [0.25, 0.3) is 0 Å². The summed E-state index contributed by atoms with van der Waals surface area (Å²) in [6.07, 6.45) is 0.0878. The number of ether oxygens (including phenoxy) is 1. The summed E-state index contributed by atoms with van der Waals surface area (Å²) >= 11 is 12.2. The van der Waals surface area contributed by atoms with Crippen molar-refractivity contribution >= 4 is 40.8 Å². The van der Waals surface area contributed by atoms with Gasteiger partial charge in [0.05, 0.1) is 16.6 Å².